The average molecular weight is 229 g/mol. The van der Waals surface area contributed by atoms with Crippen LogP contribution in [0.25, 0.3) is 11.1 Å². The summed E-state index contributed by atoms with van der Waals surface area (Å²) in [6, 6.07) is 10.8. The Bertz CT molecular complexity index is 580. The molecule has 3 heteroatoms. The minimum absolute atomic E-state index is 0.169. The molecule has 0 spiro atoms. The maximum absolute atomic E-state index is 13.5. The Kier molecular flexibility index (Phi) is 2.25. The molecular formula is C14H12FNO. The van der Waals surface area contributed by atoms with Gasteiger partial charge in [-0.1, -0.05) is 24.3 Å². The number of hydrogen-bond acceptors (Lipinski definition) is 2. The predicted octanol–water partition coefficient (Wildman–Crippen LogP) is 3.01. The number of ether oxygens (including phenoxy) is 1. The topological polar surface area (TPSA) is 35.2 Å². The Morgan fingerprint density at radius 1 is 1.18 bits per heavy atom. The molecule has 17 heavy (non-hydrogen) atoms. The van der Waals surface area contributed by atoms with Crippen molar-refractivity contribution in [2.45, 2.75) is 6.42 Å². The lowest BCUT2D eigenvalue weighted by atomic mass is 10.0. The molecule has 0 radical (unpaired) electrons. The summed E-state index contributed by atoms with van der Waals surface area (Å²) in [6.07, 6.45) is 0.917. The second-order valence-corrected chi connectivity index (χ2v) is 4.13. The Hall–Kier alpha value is -2.03. The number of nitrogens with two attached hydrogens (primary N) is 1. The first-order valence-electron chi connectivity index (χ1n) is 5.56. The Labute approximate surface area is 98.8 Å². The molecule has 86 valence electrons. The van der Waals surface area contributed by atoms with Gasteiger partial charge in [-0.15, -0.1) is 0 Å². The van der Waals surface area contributed by atoms with Gasteiger partial charge in [0.05, 0.1) is 12.3 Å². The molecule has 0 bridgehead atoms. The smallest absolute Gasteiger partial charge is 0.146 e. The van der Waals surface area contributed by atoms with Crippen LogP contribution in [-0.4, -0.2) is 6.61 Å². The maximum atomic E-state index is 13.5. The summed E-state index contributed by atoms with van der Waals surface area (Å²) in [7, 11) is 0. The van der Waals surface area contributed by atoms with E-state index < -0.39 is 5.82 Å². The molecule has 1 aliphatic heterocycles. The number of fused-ring (bicyclic) bond motifs is 1. The van der Waals surface area contributed by atoms with Gasteiger partial charge in [-0.3, -0.25) is 0 Å². The number of para-hydroxylation sites is 1. The zero-order valence-corrected chi connectivity index (χ0v) is 9.24. The van der Waals surface area contributed by atoms with Gasteiger partial charge in [0, 0.05) is 12.0 Å². The van der Waals surface area contributed by atoms with E-state index in [0.29, 0.717) is 6.61 Å². The third-order valence-electron chi connectivity index (χ3n) is 3.03. The number of benzene rings is 2. The summed E-state index contributed by atoms with van der Waals surface area (Å²) in [5.41, 5.74) is 8.55. The fourth-order valence-corrected chi connectivity index (χ4v) is 2.14. The quantitative estimate of drug-likeness (QED) is 0.763. The normalized spacial score (nSPS) is 13.2. The second-order valence-electron chi connectivity index (χ2n) is 4.13. The molecule has 0 fully saturated rings. The molecular weight excluding hydrogens is 217 g/mol. The monoisotopic (exact) mass is 229 g/mol. The highest BCUT2D eigenvalue weighted by molar-refractivity contribution is 5.74. The van der Waals surface area contributed by atoms with Crippen LogP contribution in [0.4, 0.5) is 10.1 Å². The summed E-state index contributed by atoms with van der Waals surface area (Å²) in [5, 5.41) is 0. The van der Waals surface area contributed by atoms with Gasteiger partial charge < -0.3 is 10.5 Å². The SMILES string of the molecule is Nc1ccc(-c2cccc3c2OCC3)cc1F. The van der Waals surface area contributed by atoms with Crippen LogP contribution in [0.1, 0.15) is 5.56 Å². The standard InChI is InChI=1S/C14H12FNO/c15-12-8-10(4-5-13(12)16)11-3-1-2-9-6-7-17-14(9)11/h1-5,8H,6-7,16H2. The van der Waals surface area contributed by atoms with Crippen molar-refractivity contribution in [3.8, 4) is 16.9 Å². The van der Waals surface area contributed by atoms with E-state index in [1.807, 2.05) is 24.3 Å². The van der Waals surface area contributed by atoms with Gasteiger partial charge in [0.15, 0.2) is 0 Å². The number of rotatable bonds is 1. The zero-order valence-electron chi connectivity index (χ0n) is 9.24. The first kappa shape index (κ1) is 10.1. The van der Waals surface area contributed by atoms with E-state index in [9.17, 15) is 4.39 Å². The Morgan fingerprint density at radius 2 is 2.06 bits per heavy atom. The van der Waals surface area contributed by atoms with Crippen molar-refractivity contribution in [3.63, 3.8) is 0 Å². The molecule has 1 aliphatic rings. The minimum Gasteiger partial charge on any atom is -0.492 e. The van der Waals surface area contributed by atoms with E-state index in [0.717, 1.165) is 23.3 Å². The van der Waals surface area contributed by atoms with Crippen LogP contribution in [0.15, 0.2) is 36.4 Å². The third kappa shape index (κ3) is 1.64. The Balaban J connectivity index is 2.15. The highest BCUT2D eigenvalue weighted by Gasteiger charge is 2.17. The van der Waals surface area contributed by atoms with E-state index >= 15 is 0 Å². The van der Waals surface area contributed by atoms with Crippen molar-refractivity contribution in [1.29, 1.82) is 0 Å². The second kappa shape index (κ2) is 3.77. The largest absolute Gasteiger partial charge is 0.492 e. The van der Waals surface area contributed by atoms with Gasteiger partial charge in [0.1, 0.15) is 11.6 Å². The van der Waals surface area contributed by atoms with Gasteiger partial charge in [-0.2, -0.15) is 0 Å². The van der Waals surface area contributed by atoms with Gasteiger partial charge in [-0.05, 0) is 23.3 Å². The molecule has 2 aromatic carbocycles. The molecule has 2 N–H and O–H groups in total. The fraction of sp³-hybridized carbons (Fsp3) is 0.143. The number of halogens is 1. The first-order valence-corrected chi connectivity index (χ1v) is 5.56. The average Bonchev–Trinajstić information content (AvgIpc) is 2.80. The summed E-state index contributed by atoms with van der Waals surface area (Å²) in [4.78, 5) is 0. The fourth-order valence-electron chi connectivity index (χ4n) is 2.14. The lowest BCUT2D eigenvalue weighted by Gasteiger charge is -2.08. The molecule has 1 heterocycles. The molecule has 0 amide bonds. The highest BCUT2D eigenvalue weighted by atomic mass is 19.1. The van der Waals surface area contributed by atoms with Crippen molar-refractivity contribution >= 4 is 5.69 Å². The van der Waals surface area contributed by atoms with E-state index in [-0.39, 0.29) is 5.69 Å². The van der Waals surface area contributed by atoms with Crippen molar-refractivity contribution < 1.29 is 9.13 Å². The number of hydrogen-bond donors (Lipinski definition) is 1. The van der Waals surface area contributed by atoms with Crippen LogP contribution in [0.5, 0.6) is 5.75 Å². The van der Waals surface area contributed by atoms with Crippen LogP contribution in [0.3, 0.4) is 0 Å². The van der Waals surface area contributed by atoms with Crippen LogP contribution >= 0.6 is 0 Å². The molecule has 0 saturated carbocycles. The van der Waals surface area contributed by atoms with Gasteiger partial charge in [-0.25, -0.2) is 4.39 Å². The highest BCUT2D eigenvalue weighted by Crippen LogP contribution is 2.37. The molecule has 0 aliphatic carbocycles. The maximum Gasteiger partial charge on any atom is 0.146 e. The number of anilines is 1. The van der Waals surface area contributed by atoms with Crippen molar-refractivity contribution in [2.24, 2.45) is 0 Å². The van der Waals surface area contributed by atoms with Crippen LogP contribution in [0.2, 0.25) is 0 Å². The van der Waals surface area contributed by atoms with Crippen molar-refractivity contribution in [3.05, 3.63) is 47.8 Å². The van der Waals surface area contributed by atoms with Crippen LogP contribution in [0, 0.1) is 5.82 Å². The van der Waals surface area contributed by atoms with E-state index in [4.69, 9.17) is 10.5 Å². The summed E-state index contributed by atoms with van der Waals surface area (Å²) < 4.78 is 19.1. The van der Waals surface area contributed by atoms with E-state index in [1.165, 1.54) is 11.6 Å². The lowest BCUT2D eigenvalue weighted by Crippen LogP contribution is -1.92. The molecule has 2 nitrogen and oxygen atoms in total. The summed E-state index contributed by atoms with van der Waals surface area (Å²) in [6.45, 7) is 0.698. The van der Waals surface area contributed by atoms with Crippen LogP contribution < -0.4 is 10.5 Å². The van der Waals surface area contributed by atoms with Crippen molar-refractivity contribution in [1.82, 2.24) is 0 Å². The van der Waals surface area contributed by atoms with Crippen molar-refractivity contribution in [2.75, 3.05) is 12.3 Å². The predicted molar refractivity (Wildman–Crippen MR) is 65.4 cm³/mol. The number of nitrogen functional groups attached to an aromatic ring is 1. The summed E-state index contributed by atoms with van der Waals surface area (Å²) >= 11 is 0. The minimum atomic E-state index is -0.391. The third-order valence-corrected chi connectivity index (χ3v) is 3.03. The summed E-state index contributed by atoms with van der Waals surface area (Å²) in [5.74, 6) is 0.481. The lowest BCUT2D eigenvalue weighted by molar-refractivity contribution is 0.358. The van der Waals surface area contributed by atoms with Gasteiger partial charge in [0.25, 0.3) is 0 Å². The first-order chi connectivity index (χ1) is 8.25. The zero-order chi connectivity index (χ0) is 11.8. The molecule has 0 aromatic heterocycles. The molecule has 0 saturated heterocycles. The molecule has 0 atom stereocenters. The van der Waals surface area contributed by atoms with Crippen LogP contribution in [-0.2, 0) is 6.42 Å². The Morgan fingerprint density at radius 3 is 2.88 bits per heavy atom. The van der Waals surface area contributed by atoms with E-state index in [2.05, 4.69) is 0 Å². The van der Waals surface area contributed by atoms with Gasteiger partial charge >= 0.3 is 0 Å². The molecule has 2 aromatic rings. The molecule has 0 unspecified atom stereocenters. The molecule has 3 rings (SSSR count). The van der Waals surface area contributed by atoms with Gasteiger partial charge in [0.2, 0.25) is 0 Å². The van der Waals surface area contributed by atoms with E-state index in [1.54, 1.807) is 6.07 Å².